The molecule has 0 amide bonds. The molecule has 0 aromatic rings. The van der Waals surface area contributed by atoms with Crippen LogP contribution in [-0.4, -0.2) is 24.4 Å². The van der Waals surface area contributed by atoms with E-state index in [1.165, 1.54) is 44.9 Å². The summed E-state index contributed by atoms with van der Waals surface area (Å²) in [5, 5.41) is 10.6. The van der Waals surface area contributed by atoms with Crippen molar-refractivity contribution >= 4 is 0 Å². The van der Waals surface area contributed by atoms with Gasteiger partial charge >= 0.3 is 0 Å². The Morgan fingerprint density at radius 2 is 1.79 bits per heavy atom. The summed E-state index contributed by atoms with van der Waals surface area (Å²) >= 11 is 0. The molecule has 0 bridgehead atoms. The number of ether oxygens (including phenoxy) is 1. The Labute approximate surface area is 204 Å². The molecule has 3 fully saturated rings. The Bertz CT molecular complexity index is 765. The molecule has 9 atom stereocenters. The van der Waals surface area contributed by atoms with Crippen LogP contribution in [0.15, 0.2) is 23.3 Å². The molecule has 188 valence electrons. The molecule has 0 heterocycles. The van der Waals surface area contributed by atoms with Gasteiger partial charge in [-0.1, -0.05) is 66.5 Å². The van der Waals surface area contributed by atoms with Crippen LogP contribution in [0.5, 0.6) is 0 Å². The van der Waals surface area contributed by atoms with Crippen LogP contribution in [0.1, 0.15) is 106 Å². The molecule has 4 aliphatic rings. The highest BCUT2D eigenvalue weighted by Gasteiger charge is 2.58. The van der Waals surface area contributed by atoms with Crippen molar-refractivity contribution in [1.82, 2.24) is 0 Å². The lowest BCUT2D eigenvalue weighted by atomic mass is 9.47. The molecular formula is C31H52O2. The number of aliphatic hydroxyl groups excluding tert-OH is 1. The Hall–Kier alpha value is -0.600. The second-order valence-corrected chi connectivity index (χ2v) is 13.2. The van der Waals surface area contributed by atoms with E-state index in [0.717, 1.165) is 48.5 Å². The van der Waals surface area contributed by atoms with E-state index in [9.17, 15) is 5.11 Å². The molecule has 0 aromatic heterocycles. The average molecular weight is 457 g/mol. The van der Waals surface area contributed by atoms with Crippen molar-refractivity contribution in [3.63, 3.8) is 0 Å². The third-order valence-corrected chi connectivity index (χ3v) is 11.5. The number of methoxy groups -OCH3 is 1. The average Bonchev–Trinajstić information content (AvgIpc) is 3.13. The molecule has 0 radical (unpaired) electrons. The van der Waals surface area contributed by atoms with E-state index >= 15 is 0 Å². The van der Waals surface area contributed by atoms with Crippen molar-refractivity contribution in [2.24, 2.45) is 46.3 Å². The maximum absolute atomic E-state index is 10.6. The monoisotopic (exact) mass is 456 g/mol. The fourth-order valence-electron chi connectivity index (χ4n) is 9.32. The first-order valence-electron chi connectivity index (χ1n) is 14.2. The fraction of sp³-hybridized carbons (Fsp3) is 0.871. The van der Waals surface area contributed by atoms with Gasteiger partial charge in [-0.2, -0.15) is 0 Å². The number of hydrogen-bond acceptors (Lipinski definition) is 2. The normalized spacial score (nSPS) is 42.7. The molecule has 33 heavy (non-hydrogen) atoms. The van der Waals surface area contributed by atoms with Crippen LogP contribution in [0.4, 0.5) is 0 Å². The zero-order chi connectivity index (χ0) is 24.1. The molecule has 3 saturated carbocycles. The Kier molecular flexibility index (Phi) is 7.30. The van der Waals surface area contributed by atoms with Crippen LogP contribution < -0.4 is 0 Å². The third kappa shape index (κ3) is 4.10. The molecule has 2 nitrogen and oxygen atoms in total. The maximum Gasteiger partial charge on any atom is 0.0792 e. The molecule has 0 saturated heterocycles. The minimum atomic E-state index is -0.321. The van der Waals surface area contributed by atoms with E-state index < -0.39 is 0 Å². The Balaban J connectivity index is 1.61. The second kappa shape index (κ2) is 9.45. The maximum atomic E-state index is 10.6. The predicted molar refractivity (Wildman–Crippen MR) is 139 cm³/mol. The lowest BCUT2D eigenvalue weighted by Gasteiger charge is -2.59. The lowest BCUT2D eigenvalue weighted by molar-refractivity contribution is -0.0436. The van der Waals surface area contributed by atoms with Crippen LogP contribution in [0, 0.1) is 46.3 Å². The third-order valence-electron chi connectivity index (χ3n) is 11.5. The van der Waals surface area contributed by atoms with Crippen LogP contribution in [0.2, 0.25) is 0 Å². The van der Waals surface area contributed by atoms with Crippen molar-refractivity contribution in [3.05, 3.63) is 23.3 Å². The SMILES string of the molecule is C=C1C(O)CCC2(C)C1CC(OC)C1=C3CCC(C(C)CCC(CC)C(C)C)C3(C)CCC12. The van der Waals surface area contributed by atoms with Gasteiger partial charge in [0.15, 0.2) is 0 Å². The van der Waals surface area contributed by atoms with Gasteiger partial charge in [-0.05, 0) is 109 Å². The zero-order valence-corrected chi connectivity index (χ0v) is 22.8. The Morgan fingerprint density at radius 3 is 2.42 bits per heavy atom. The zero-order valence-electron chi connectivity index (χ0n) is 22.8. The lowest BCUT2D eigenvalue weighted by Crippen LogP contribution is -2.53. The molecule has 0 aromatic carbocycles. The van der Waals surface area contributed by atoms with Crippen molar-refractivity contribution in [2.75, 3.05) is 7.11 Å². The first-order chi connectivity index (χ1) is 15.6. The van der Waals surface area contributed by atoms with Gasteiger partial charge in [0.25, 0.3) is 0 Å². The summed E-state index contributed by atoms with van der Waals surface area (Å²) in [5.74, 6) is 4.29. The minimum absolute atomic E-state index is 0.212. The van der Waals surface area contributed by atoms with Crippen molar-refractivity contribution in [1.29, 1.82) is 0 Å². The largest absolute Gasteiger partial charge is 0.389 e. The molecular weight excluding hydrogens is 404 g/mol. The quantitative estimate of drug-likeness (QED) is 0.394. The molecule has 0 spiro atoms. The van der Waals surface area contributed by atoms with E-state index in [2.05, 4.69) is 48.1 Å². The number of allylic oxidation sites excluding steroid dienone is 1. The number of rotatable bonds is 7. The summed E-state index contributed by atoms with van der Waals surface area (Å²) < 4.78 is 6.23. The highest BCUT2D eigenvalue weighted by Crippen LogP contribution is 2.66. The predicted octanol–water partition coefficient (Wildman–Crippen LogP) is 7.96. The van der Waals surface area contributed by atoms with E-state index in [1.54, 1.807) is 11.1 Å². The molecule has 4 aliphatic carbocycles. The van der Waals surface area contributed by atoms with E-state index in [1.807, 2.05) is 7.11 Å². The standard InChI is InChI=1S/C31H52O2/c1-9-22(19(2)3)11-10-20(4)23-12-13-24-29-25(14-16-30(23,24)6)31(7)17-15-27(32)21(5)26(31)18-28(29)33-8/h19-20,22-23,25-28,32H,5,9-18H2,1-4,6-8H3. The number of fused-ring (bicyclic) bond motifs is 4. The van der Waals surface area contributed by atoms with Crippen LogP contribution in [-0.2, 0) is 4.74 Å². The van der Waals surface area contributed by atoms with Crippen LogP contribution in [0.3, 0.4) is 0 Å². The first kappa shape index (κ1) is 25.5. The fourth-order valence-corrected chi connectivity index (χ4v) is 9.32. The van der Waals surface area contributed by atoms with E-state index in [0.29, 0.717) is 17.3 Å². The van der Waals surface area contributed by atoms with Gasteiger partial charge in [0.1, 0.15) is 0 Å². The number of aliphatic hydroxyl groups is 1. The first-order valence-corrected chi connectivity index (χ1v) is 14.2. The van der Waals surface area contributed by atoms with Gasteiger partial charge in [0.05, 0.1) is 12.2 Å². The van der Waals surface area contributed by atoms with Crippen LogP contribution >= 0.6 is 0 Å². The van der Waals surface area contributed by atoms with Gasteiger partial charge in [0, 0.05) is 7.11 Å². The van der Waals surface area contributed by atoms with E-state index in [4.69, 9.17) is 4.74 Å². The summed E-state index contributed by atoms with van der Waals surface area (Å²) in [7, 11) is 1.91. The second-order valence-electron chi connectivity index (χ2n) is 13.2. The smallest absolute Gasteiger partial charge is 0.0792 e. The van der Waals surface area contributed by atoms with Crippen molar-refractivity contribution < 1.29 is 9.84 Å². The summed E-state index contributed by atoms with van der Waals surface area (Å²) in [6.07, 6.45) is 12.3. The summed E-state index contributed by atoms with van der Waals surface area (Å²) in [5.41, 5.74) is 5.16. The highest BCUT2D eigenvalue weighted by atomic mass is 16.5. The van der Waals surface area contributed by atoms with Crippen molar-refractivity contribution in [3.8, 4) is 0 Å². The van der Waals surface area contributed by atoms with Gasteiger partial charge in [-0.3, -0.25) is 0 Å². The van der Waals surface area contributed by atoms with Gasteiger partial charge in [-0.25, -0.2) is 0 Å². The van der Waals surface area contributed by atoms with Gasteiger partial charge in [0.2, 0.25) is 0 Å². The summed E-state index contributed by atoms with van der Waals surface area (Å²) in [6, 6.07) is 0. The molecule has 2 heteroatoms. The molecule has 0 aliphatic heterocycles. The number of hydrogen-bond donors (Lipinski definition) is 1. The van der Waals surface area contributed by atoms with Gasteiger partial charge < -0.3 is 9.84 Å². The van der Waals surface area contributed by atoms with Gasteiger partial charge in [-0.15, -0.1) is 0 Å². The molecule has 1 N–H and O–H groups in total. The minimum Gasteiger partial charge on any atom is -0.389 e. The summed E-state index contributed by atoms with van der Waals surface area (Å²) in [4.78, 5) is 0. The summed E-state index contributed by atoms with van der Waals surface area (Å²) in [6.45, 7) is 19.2. The van der Waals surface area contributed by atoms with Crippen LogP contribution in [0.25, 0.3) is 0 Å². The molecule has 9 unspecified atom stereocenters. The molecule has 4 rings (SSSR count). The van der Waals surface area contributed by atoms with Crippen molar-refractivity contribution in [2.45, 2.75) is 118 Å². The topological polar surface area (TPSA) is 29.5 Å². The van der Waals surface area contributed by atoms with E-state index in [-0.39, 0.29) is 17.6 Å². The Morgan fingerprint density at radius 1 is 1.06 bits per heavy atom. The highest BCUT2D eigenvalue weighted by molar-refractivity contribution is 5.39.